The molecule has 0 aliphatic rings. The van der Waals surface area contributed by atoms with Crippen LogP contribution in [-0.4, -0.2) is 76.6 Å². The summed E-state index contributed by atoms with van der Waals surface area (Å²) in [4.78, 5) is 58.9. The molecule has 4 atom stereocenters. The summed E-state index contributed by atoms with van der Waals surface area (Å²) in [6.07, 6.45) is 1.94. The molecule has 0 aliphatic heterocycles. The van der Waals surface area contributed by atoms with Gasteiger partial charge in [-0.3, -0.25) is 24.0 Å². The van der Waals surface area contributed by atoms with Crippen LogP contribution >= 0.6 is 24.4 Å². The summed E-state index contributed by atoms with van der Waals surface area (Å²) < 4.78 is 0. The maximum atomic E-state index is 12.5. The molecule has 0 rings (SSSR count). The number of hydrogen-bond donors (Lipinski definition) is 7. The number of carboxylic acids is 1. The minimum Gasteiger partial charge on any atom is -0.480 e. The standard InChI is InChI=1S/C16H29N5O6S2/c1-8(16(26)27)19-14(24)10(3-4-12(18)22)20-15(25)11(7-28)21-13(23)9(17)5-6-29-2/h8-11,28H,3-7,17H2,1-2H3,(H2,18,22)(H,19,24)(H,20,25)(H,21,23)(H,26,27). The van der Waals surface area contributed by atoms with Gasteiger partial charge in [-0.05, 0) is 31.8 Å². The molecular formula is C16H29N5O6S2. The Balaban J connectivity index is 5.09. The number of carbonyl (C=O) groups is 5. The summed E-state index contributed by atoms with van der Waals surface area (Å²) >= 11 is 5.56. The van der Waals surface area contributed by atoms with Gasteiger partial charge in [-0.2, -0.15) is 24.4 Å². The smallest absolute Gasteiger partial charge is 0.325 e. The predicted octanol–water partition coefficient (Wildman–Crippen LogP) is -2.18. The summed E-state index contributed by atoms with van der Waals surface area (Å²) in [7, 11) is 0. The van der Waals surface area contributed by atoms with Gasteiger partial charge in [0.05, 0.1) is 6.04 Å². The summed E-state index contributed by atoms with van der Waals surface area (Å²) in [5.41, 5.74) is 10.9. The van der Waals surface area contributed by atoms with Crippen LogP contribution in [0.1, 0.15) is 26.2 Å². The number of hydrogen-bond acceptors (Lipinski definition) is 8. The summed E-state index contributed by atoms with van der Waals surface area (Å²) in [6.45, 7) is 1.25. The molecule has 8 N–H and O–H groups in total. The van der Waals surface area contributed by atoms with Crippen LogP contribution < -0.4 is 27.4 Å². The van der Waals surface area contributed by atoms with Gasteiger partial charge in [0.15, 0.2) is 0 Å². The largest absolute Gasteiger partial charge is 0.480 e. The first-order valence-corrected chi connectivity index (χ1v) is 10.8. The van der Waals surface area contributed by atoms with Crippen molar-refractivity contribution in [3.63, 3.8) is 0 Å². The number of thiol groups is 1. The molecule has 0 heterocycles. The van der Waals surface area contributed by atoms with Crippen LogP contribution in [0.3, 0.4) is 0 Å². The highest BCUT2D eigenvalue weighted by Crippen LogP contribution is 2.02. The monoisotopic (exact) mass is 451 g/mol. The van der Waals surface area contributed by atoms with Crippen molar-refractivity contribution in [2.24, 2.45) is 11.5 Å². The van der Waals surface area contributed by atoms with E-state index in [4.69, 9.17) is 16.6 Å². The topological polar surface area (TPSA) is 194 Å². The molecule has 0 fully saturated rings. The Morgan fingerprint density at radius 3 is 2.03 bits per heavy atom. The van der Waals surface area contributed by atoms with Gasteiger partial charge in [0.1, 0.15) is 18.1 Å². The van der Waals surface area contributed by atoms with E-state index in [-0.39, 0.29) is 18.6 Å². The lowest BCUT2D eigenvalue weighted by atomic mass is 10.1. The van der Waals surface area contributed by atoms with Gasteiger partial charge in [-0.1, -0.05) is 0 Å². The van der Waals surface area contributed by atoms with Crippen molar-refractivity contribution in [3.05, 3.63) is 0 Å². The number of thioether (sulfide) groups is 1. The molecule has 0 radical (unpaired) electrons. The third kappa shape index (κ3) is 10.9. The van der Waals surface area contributed by atoms with Crippen molar-refractivity contribution < 1.29 is 29.1 Å². The van der Waals surface area contributed by atoms with Gasteiger partial charge in [0.25, 0.3) is 0 Å². The maximum absolute atomic E-state index is 12.5. The molecule has 0 aromatic rings. The SMILES string of the molecule is CSCCC(N)C(=O)NC(CS)C(=O)NC(CCC(N)=O)C(=O)NC(C)C(=O)O. The number of carboxylic acid groups (broad SMARTS) is 1. The van der Waals surface area contributed by atoms with Crippen LogP contribution in [-0.2, 0) is 24.0 Å². The highest BCUT2D eigenvalue weighted by atomic mass is 32.2. The van der Waals surface area contributed by atoms with Gasteiger partial charge in [0, 0.05) is 12.2 Å². The van der Waals surface area contributed by atoms with Gasteiger partial charge in [-0.15, -0.1) is 0 Å². The van der Waals surface area contributed by atoms with E-state index in [9.17, 15) is 24.0 Å². The van der Waals surface area contributed by atoms with Crippen molar-refractivity contribution in [2.75, 3.05) is 17.8 Å². The van der Waals surface area contributed by atoms with E-state index >= 15 is 0 Å². The first-order valence-electron chi connectivity index (χ1n) is 8.81. The van der Waals surface area contributed by atoms with Gasteiger partial charge < -0.3 is 32.5 Å². The van der Waals surface area contributed by atoms with Crippen LogP contribution in [0.2, 0.25) is 0 Å². The number of aliphatic carboxylic acids is 1. The highest BCUT2D eigenvalue weighted by Gasteiger charge is 2.28. The zero-order valence-electron chi connectivity index (χ0n) is 16.3. The van der Waals surface area contributed by atoms with Crippen molar-refractivity contribution in [2.45, 2.75) is 50.4 Å². The zero-order chi connectivity index (χ0) is 22.6. The van der Waals surface area contributed by atoms with Gasteiger partial charge >= 0.3 is 5.97 Å². The van der Waals surface area contributed by atoms with Gasteiger partial charge in [0.2, 0.25) is 23.6 Å². The van der Waals surface area contributed by atoms with E-state index in [1.165, 1.54) is 18.7 Å². The molecule has 13 heteroatoms. The lowest BCUT2D eigenvalue weighted by Gasteiger charge is -2.23. The lowest BCUT2D eigenvalue weighted by Crippen LogP contribution is -2.57. The number of nitrogens with one attached hydrogen (secondary N) is 3. The Hall–Kier alpha value is -1.99. The van der Waals surface area contributed by atoms with Crippen LogP contribution in [0.5, 0.6) is 0 Å². The molecule has 0 saturated carbocycles. The second-order valence-corrected chi connectivity index (χ2v) is 7.62. The quantitative estimate of drug-likeness (QED) is 0.145. The minimum absolute atomic E-state index is 0.0670. The Morgan fingerprint density at radius 1 is 1.00 bits per heavy atom. The molecule has 4 unspecified atom stereocenters. The minimum atomic E-state index is -1.27. The van der Waals surface area contributed by atoms with Crippen molar-refractivity contribution in [1.29, 1.82) is 0 Å². The molecule has 0 bridgehead atoms. The molecule has 0 aromatic heterocycles. The molecule has 29 heavy (non-hydrogen) atoms. The Labute approximate surface area is 178 Å². The number of rotatable bonds is 14. The lowest BCUT2D eigenvalue weighted by molar-refractivity contribution is -0.142. The molecule has 166 valence electrons. The average molecular weight is 452 g/mol. The molecular weight excluding hydrogens is 422 g/mol. The third-order valence-corrected chi connectivity index (χ3v) is 4.84. The Morgan fingerprint density at radius 2 is 1.55 bits per heavy atom. The number of carbonyl (C=O) groups excluding carboxylic acids is 4. The highest BCUT2D eigenvalue weighted by molar-refractivity contribution is 7.98. The van der Waals surface area contributed by atoms with Crippen molar-refractivity contribution in [1.82, 2.24) is 16.0 Å². The van der Waals surface area contributed by atoms with Crippen LogP contribution in [0.4, 0.5) is 0 Å². The van der Waals surface area contributed by atoms with Crippen molar-refractivity contribution in [3.8, 4) is 0 Å². The average Bonchev–Trinajstić information content (AvgIpc) is 2.66. The van der Waals surface area contributed by atoms with Crippen LogP contribution in [0.25, 0.3) is 0 Å². The van der Waals surface area contributed by atoms with E-state index in [1.54, 1.807) is 0 Å². The summed E-state index contributed by atoms with van der Waals surface area (Å²) in [5, 5.41) is 16.0. The first kappa shape index (κ1) is 27.0. The Bertz CT molecular complexity index is 606. The molecule has 11 nitrogen and oxygen atoms in total. The number of amides is 4. The van der Waals surface area contributed by atoms with Crippen LogP contribution in [0, 0.1) is 0 Å². The molecule has 0 aliphatic carbocycles. The second kappa shape index (κ2) is 14.1. The van der Waals surface area contributed by atoms with E-state index in [0.717, 1.165) is 0 Å². The molecule has 0 aromatic carbocycles. The first-order chi connectivity index (χ1) is 13.5. The fourth-order valence-electron chi connectivity index (χ4n) is 2.05. The summed E-state index contributed by atoms with van der Waals surface area (Å²) in [5.74, 6) is -3.41. The third-order valence-electron chi connectivity index (χ3n) is 3.83. The molecule has 0 saturated heterocycles. The Kier molecular flexibility index (Phi) is 13.1. The van der Waals surface area contributed by atoms with E-state index in [2.05, 4.69) is 28.6 Å². The normalized spacial score (nSPS) is 14.8. The predicted molar refractivity (Wildman–Crippen MR) is 112 cm³/mol. The van der Waals surface area contributed by atoms with Gasteiger partial charge in [-0.25, -0.2) is 0 Å². The molecule has 0 spiro atoms. The molecule has 4 amide bonds. The second-order valence-electron chi connectivity index (χ2n) is 6.27. The van der Waals surface area contributed by atoms with E-state index in [1.807, 2.05) is 6.26 Å². The number of primary amides is 1. The fourth-order valence-corrected chi connectivity index (χ4v) is 2.80. The summed E-state index contributed by atoms with van der Waals surface area (Å²) in [6, 6.07) is -4.30. The fraction of sp³-hybridized carbons (Fsp3) is 0.688. The maximum Gasteiger partial charge on any atom is 0.325 e. The van der Waals surface area contributed by atoms with Crippen LogP contribution in [0.15, 0.2) is 0 Å². The van der Waals surface area contributed by atoms with E-state index in [0.29, 0.717) is 12.2 Å². The zero-order valence-corrected chi connectivity index (χ0v) is 18.1. The number of nitrogens with two attached hydrogens (primary N) is 2. The van der Waals surface area contributed by atoms with Crippen molar-refractivity contribution >= 4 is 54.0 Å². The van der Waals surface area contributed by atoms with E-state index < -0.39 is 53.8 Å².